The van der Waals surface area contributed by atoms with Crippen LogP contribution < -0.4 is 52.1 Å². The van der Waals surface area contributed by atoms with Gasteiger partial charge in [0.05, 0.1) is 9.79 Å². The van der Waals surface area contributed by atoms with Gasteiger partial charge in [0.1, 0.15) is 45.3 Å². The molecule has 4 aliphatic rings. The third-order valence-electron chi connectivity index (χ3n) is 15.6. The van der Waals surface area contributed by atoms with Crippen molar-refractivity contribution in [1.82, 2.24) is 0 Å². The molecule has 0 unspecified atom stereocenters. The molecule has 0 aliphatic carbocycles. The summed E-state index contributed by atoms with van der Waals surface area (Å²) in [6, 6.07) is 81.8. The summed E-state index contributed by atoms with van der Waals surface area (Å²) in [5.74, 6) is 3.27. The summed E-state index contributed by atoms with van der Waals surface area (Å²) < 4.78 is 28.6. The van der Waals surface area contributed by atoms with Crippen LogP contribution in [0.15, 0.2) is 259 Å². The van der Waals surface area contributed by atoms with Gasteiger partial charge in [-0.2, -0.15) is 0 Å². The first kappa shape index (κ1) is 42.4. The van der Waals surface area contributed by atoms with E-state index >= 15 is 0 Å². The highest BCUT2D eigenvalue weighted by atomic mass is 32.2. The Morgan fingerprint density at radius 2 is 0.684 bits per heavy atom. The van der Waals surface area contributed by atoms with Crippen LogP contribution in [-0.4, -0.2) is 13.4 Å². The number of fused-ring (bicyclic) bond motifs is 16. The van der Waals surface area contributed by atoms with E-state index in [4.69, 9.17) is 18.3 Å². The maximum absolute atomic E-state index is 7.22. The summed E-state index contributed by atoms with van der Waals surface area (Å²) >= 11 is 3.56. The van der Waals surface area contributed by atoms with E-state index in [9.17, 15) is 0 Å². The highest BCUT2D eigenvalue weighted by molar-refractivity contribution is 8.00. The lowest BCUT2D eigenvalue weighted by molar-refractivity contribution is 0.465. The zero-order valence-corrected chi connectivity index (χ0v) is 42.1. The molecule has 0 amide bonds. The predicted octanol–water partition coefficient (Wildman–Crippen LogP) is 14.6. The smallest absolute Gasteiger partial charge is 0.254 e. The lowest BCUT2D eigenvalue weighted by Gasteiger charge is -2.36. The molecule has 6 nitrogen and oxygen atoms in total. The molecular weight excluding hydrogens is 970 g/mol. The second kappa shape index (κ2) is 16.3. The molecule has 13 aromatic rings. The van der Waals surface area contributed by atoms with Crippen LogP contribution in [0.5, 0.6) is 23.0 Å². The summed E-state index contributed by atoms with van der Waals surface area (Å²) in [5, 5.41) is 4.13. The van der Waals surface area contributed by atoms with E-state index in [2.05, 4.69) is 240 Å². The Labute approximate surface area is 446 Å². The van der Waals surface area contributed by atoms with Gasteiger partial charge in [0.25, 0.3) is 13.4 Å². The van der Waals surface area contributed by atoms with Gasteiger partial charge in [0.2, 0.25) is 0 Å². The molecular formula is C66H38B2N2O4S2. The number of furan rings is 2. The van der Waals surface area contributed by atoms with Crippen LogP contribution in [0.2, 0.25) is 0 Å². The molecule has 0 bridgehead atoms. The third kappa shape index (κ3) is 6.22. The molecule has 10 heteroatoms. The van der Waals surface area contributed by atoms with Crippen LogP contribution in [0.4, 0.5) is 34.1 Å². The van der Waals surface area contributed by atoms with Crippen LogP contribution in [0.25, 0.3) is 43.9 Å². The lowest BCUT2D eigenvalue weighted by Crippen LogP contribution is -2.61. The van der Waals surface area contributed by atoms with Gasteiger partial charge in [-0.15, -0.1) is 0 Å². The van der Waals surface area contributed by atoms with E-state index in [0.29, 0.717) is 0 Å². The molecule has 0 N–H and O–H groups in total. The van der Waals surface area contributed by atoms with Crippen LogP contribution >= 0.6 is 23.5 Å². The second-order valence-electron chi connectivity index (χ2n) is 19.8. The molecule has 76 heavy (non-hydrogen) atoms. The molecule has 2 aromatic heterocycles. The summed E-state index contributed by atoms with van der Waals surface area (Å²) in [6.07, 6.45) is 0. The number of benzene rings is 11. The highest BCUT2D eigenvalue weighted by Gasteiger charge is 2.46. The molecule has 0 saturated heterocycles. The molecule has 11 aromatic carbocycles. The van der Waals surface area contributed by atoms with Crippen molar-refractivity contribution in [1.29, 1.82) is 0 Å². The van der Waals surface area contributed by atoms with Gasteiger partial charge in [0.15, 0.2) is 0 Å². The maximum Gasteiger partial charge on any atom is 0.254 e. The lowest BCUT2D eigenvalue weighted by atomic mass is 9.32. The number of para-hydroxylation sites is 4. The fraction of sp³-hybridized carbons (Fsp3) is 0. The standard InChI is InChI=1S/C66H38B2N2O4S2/c1-5-17-39(18-6-1)69(40-19-7-2-8-20-40)43-29-31-45-47-35-57-61-65(63(47)73-53(45)33-43)75-59-27-15-13-25-49(59)67(61)51-37-52-56(38-55(51)71-57)72-58-36-48-46-32-30-44(70(41-21-9-3-10-22-41)42-23-11-4-12-24-42)34-54(46)74-64(48)66-62(58)68(52)50-26-14-16-28-60(50)76-66/h1-38H. The summed E-state index contributed by atoms with van der Waals surface area (Å²) in [5.41, 5.74) is 16.7. The van der Waals surface area contributed by atoms with E-state index in [1.54, 1.807) is 23.5 Å². The fourth-order valence-electron chi connectivity index (χ4n) is 12.4. The fourth-order valence-corrected chi connectivity index (χ4v) is 14.9. The number of nitrogens with zero attached hydrogens (tertiary/aromatic N) is 2. The average molecular weight is 1010 g/mol. The quantitative estimate of drug-likeness (QED) is 0.153. The molecule has 354 valence electrons. The zero-order chi connectivity index (χ0) is 49.6. The summed E-state index contributed by atoms with van der Waals surface area (Å²) in [4.78, 5) is 9.15. The molecule has 4 aliphatic heterocycles. The van der Waals surface area contributed by atoms with Crippen molar-refractivity contribution in [2.24, 2.45) is 0 Å². The maximum atomic E-state index is 7.22. The number of anilines is 6. The van der Waals surface area contributed by atoms with Crippen molar-refractivity contribution in [3.63, 3.8) is 0 Å². The Kier molecular flexibility index (Phi) is 9.08. The van der Waals surface area contributed by atoms with Crippen LogP contribution in [0.1, 0.15) is 0 Å². The van der Waals surface area contributed by atoms with Crippen molar-refractivity contribution in [2.45, 2.75) is 19.6 Å². The van der Waals surface area contributed by atoms with Crippen molar-refractivity contribution in [3.8, 4) is 23.0 Å². The molecule has 0 spiro atoms. The van der Waals surface area contributed by atoms with Crippen LogP contribution in [0, 0.1) is 0 Å². The summed E-state index contributed by atoms with van der Waals surface area (Å²) in [7, 11) is 0. The number of rotatable bonds is 6. The first-order valence-corrected chi connectivity index (χ1v) is 27.2. The van der Waals surface area contributed by atoms with Crippen molar-refractivity contribution >= 4 is 148 Å². The van der Waals surface area contributed by atoms with E-state index in [1.807, 2.05) is 0 Å². The minimum Gasteiger partial charge on any atom is -0.458 e. The second-order valence-corrected chi connectivity index (χ2v) is 21.9. The minimum absolute atomic E-state index is 0.108. The number of hydrogen-bond donors (Lipinski definition) is 0. The van der Waals surface area contributed by atoms with Gasteiger partial charge >= 0.3 is 0 Å². The van der Waals surface area contributed by atoms with Gasteiger partial charge < -0.3 is 28.1 Å². The SMILES string of the molecule is c1ccc(N(c2ccccc2)c2ccc3c(c2)oc2c4c5c(cc23)Oc2cc3c(cc2B5c2ccccc2S4)B2c4ccccc4Sc4c2c(cc2c4oc4cc(N(c5ccccc5)c5ccccc5)ccc42)O3)cc1. The average Bonchev–Trinajstić information content (AvgIpc) is 4.09. The number of ether oxygens (including phenoxy) is 2. The monoisotopic (exact) mass is 1010 g/mol. The summed E-state index contributed by atoms with van der Waals surface area (Å²) in [6.45, 7) is -0.215. The topological polar surface area (TPSA) is 51.2 Å². The normalized spacial score (nSPS) is 13.3. The van der Waals surface area contributed by atoms with Crippen LogP contribution in [0.3, 0.4) is 0 Å². The largest absolute Gasteiger partial charge is 0.458 e. The van der Waals surface area contributed by atoms with E-state index in [0.717, 1.165) is 133 Å². The Morgan fingerprint density at radius 3 is 1.09 bits per heavy atom. The first-order chi connectivity index (χ1) is 37.7. The van der Waals surface area contributed by atoms with E-state index in [-0.39, 0.29) is 13.4 Å². The van der Waals surface area contributed by atoms with E-state index in [1.165, 1.54) is 20.7 Å². The molecule has 0 fully saturated rings. The zero-order valence-electron chi connectivity index (χ0n) is 40.4. The molecule has 0 radical (unpaired) electrons. The van der Waals surface area contributed by atoms with Crippen molar-refractivity contribution < 1.29 is 18.3 Å². The molecule has 6 heterocycles. The third-order valence-corrected chi connectivity index (χ3v) is 18.0. The van der Waals surface area contributed by atoms with Gasteiger partial charge in [-0.3, -0.25) is 0 Å². The molecule has 0 saturated carbocycles. The number of hydrogen-bond acceptors (Lipinski definition) is 8. The van der Waals surface area contributed by atoms with E-state index < -0.39 is 0 Å². The Bertz CT molecular complexity index is 4200. The van der Waals surface area contributed by atoms with Crippen molar-refractivity contribution in [3.05, 3.63) is 231 Å². The van der Waals surface area contributed by atoms with Gasteiger partial charge in [0, 0.05) is 83.7 Å². The van der Waals surface area contributed by atoms with Gasteiger partial charge in [-0.25, -0.2) is 0 Å². The highest BCUT2D eigenvalue weighted by Crippen LogP contribution is 2.49. The molecule has 0 atom stereocenters. The van der Waals surface area contributed by atoms with Crippen molar-refractivity contribution in [2.75, 3.05) is 9.80 Å². The van der Waals surface area contributed by atoms with Gasteiger partial charge in [-0.05, 0) is 119 Å². The van der Waals surface area contributed by atoms with Crippen LogP contribution in [-0.2, 0) is 0 Å². The first-order valence-electron chi connectivity index (χ1n) is 25.6. The Balaban J connectivity index is 0.824. The van der Waals surface area contributed by atoms with Gasteiger partial charge in [-0.1, -0.05) is 150 Å². The molecule has 17 rings (SSSR count). The predicted molar refractivity (Wildman–Crippen MR) is 314 cm³/mol. The Hall–Kier alpha value is -8.95. The Morgan fingerprint density at radius 1 is 0.303 bits per heavy atom. The minimum atomic E-state index is -0.108.